The highest BCUT2D eigenvalue weighted by Gasteiger charge is 2.39. The number of Topliss-reactive ketones (excluding diaryl/α,β-unsaturated/α-hetero) is 2. The van der Waals surface area contributed by atoms with Gasteiger partial charge in [-0.2, -0.15) is 13.2 Å². The van der Waals surface area contributed by atoms with Gasteiger partial charge < -0.3 is 4.74 Å². The highest BCUT2D eigenvalue weighted by atomic mass is 19.4. The van der Waals surface area contributed by atoms with E-state index in [0.717, 1.165) is 0 Å². The van der Waals surface area contributed by atoms with Crippen LogP contribution in [0.1, 0.15) is 35.7 Å². The van der Waals surface area contributed by atoms with Crippen molar-refractivity contribution in [1.82, 2.24) is 0 Å². The number of hydrogen-bond acceptors (Lipinski definition) is 4. The molecule has 0 N–H and O–H groups in total. The van der Waals surface area contributed by atoms with Gasteiger partial charge in [0.25, 0.3) is 0 Å². The van der Waals surface area contributed by atoms with Gasteiger partial charge in [-0.3, -0.25) is 14.4 Å². The Kier molecular flexibility index (Phi) is 6.68. The van der Waals surface area contributed by atoms with Crippen molar-refractivity contribution >= 4 is 23.6 Å². The standard InChI is InChI=1S/C16H15F3O4/c1-2-23-15(22)5-3-4-11-6-8-12(9-7-11)13(20)10-14(21)16(17,18)19/h3-4,6-9H,2,5,10H2,1H3. The fourth-order valence-electron chi connectivity index (χ4n) is 1.64. The largest absolute Gasteiger partial charge is 0.466 e. The predicted octanol–water partition coefficient (Wildman–Crippen LogP) is 3.36. The molecule has 124 valence electrons. The van der Waals surface area contributed by atoms with Crippen LogP contribution < -0.4 is 0 Å². The molecular weight excluding hydrogens is 313 g/mol. The molecule has 0 spiro atoms. The van der Waals surface area contributed by atoms with E-state index >= 15 is 0 Å². The van der Waals surface area contributed by atoms with Crippen molar-refractivity contribution in [2.45, 2.75) is 25.9 Å². The van der Waals surface area contributed by atoms with Crippen LogP contribution in [0.5, 0.6) is 0 Å². The van der Waals surface area contributed by atoms with Crippen molar-refractivity contribution in [3.63, 3.8) is 0 Å². The van der Waals surface area contributed by atoms with Gasteiger partial charge >= 0.3 is 12.1 Å². The number of alkyl halides is 3. The lowest BCUT2D eigenvalue weighted by molar-refractivity contribution is -0.170. The van der Waals surface area contributed by atoms with Crippen molar-refractivity contribution in [1.29, 1.82) is 0 Å². The molecule has 0 atom stereocenters. The fraction of sp³-hybridized carbons (Fsp3) is 0.312. The molecule has 0 aliphatic carbocycles. The molecular formula is C16H15F3O4. The summed E-state index contributed by atoms with van der Waals surface area (Å²) in [5.74, 6) is -3.34. The number of ether oxygens (including phenoxy) is 1. The second kappa shape index (κ2) is 8.26. The first kappa shape index (κ1) is 18.6. The first-order valence-electron chi connectivity index (χ1n) is 6.79. The minimum absolute atomic E-state index is 0.0187. The van der Waals surface area contributed by atoms with Gasteiger partial charge in [0.1, 0.15) is 0 Å². The van der Waals surface area contributed by atoms with Crippen LogP contribution >= 0.6 is 0 Å². The smallest absolute Gasteiger partial charge is 0.450 e. The third-order valence-electron chi connectivity index (χ3n) is 2.77. The van der Waals surface area contributed by atoms with Gasteiger partial charge in [0.05, 0.1) is 19.4 Å². The summed E-state index contributed by atoms with van der Waals surface area (Å²) in [5, 5.41) is 0. The molecule has 0 bridgehead atoms. The van der Waals surface area contributed by atoms with Gasteiger partial charge in [-0.15, -0.1) is 0 Å². The zero-order valence-electron chi connectivity index (χ0n) is 12.4. The lowest BCUT2D eigenvalue weighted by atomic mass is 10.0. The maximum Gasteiger partial charge on any atom is 0.450 e. The van der Waals surface area contributed by atoms with E-state index in [4.69, 9.17) is 4.74 Å². The minimum Gasteiger partial charge on any atom is -0.466 e. The van der Waals surface area contributed by atoms with E-state index in [-0.39, 0.29) is 18.0 Å². The molecule has 0 fully saturated rings. The van der Waals surface area contributed by atoms with Crippen LogP contribution in [0.2, 0.25) is 0 Å². The molecule has 0 radical (unpaired) electrons. The highest BCUT2D eigenvalue weighted by Crippen LogP contribution is 2.19. The quantitative estimate of drug-likeness (QED) is 0.437. The summed E-state index contributed by atoms with van der Waals surface area (Å²) in [4.78, 5) is 33.5. The Labute approximate surface area is 130 Å². The molecule has 4 nitrogen and oxygen atoms in total. The third-order valence-corrected chi connectivity index (χ3v) is 2.77. The number of esters is 1. The normalized spacial score (nSPS) is 11.5. The van der Waals surface area contributed by atoms with E-state index in [0.29, 0.717) is 12.2 Å². The summed E-state index contributed by atoms with van der Waals surface area (Å²) < 4.78 is 41.0. The topological polar surface area (TPSA) is 60.4 Å². The lowest BCUT2D eigenvalue weighted by Crippen LogP contribution is -2.25. The second-order valence-electron chi connectivity index (χ2n) is 4.55. The van der Waals surface area contributed by atoms with Crippen molar-refractivity contribution in [3.05, 3.63) is 41.5 Å². The average Bonchev–Trinajstić information content (AvgIpc) is 2.47. The number of rotatable bonds is 7. The number of benzene rings is 1. The number of ketones is 2. The number of halogens is 3. The Morgan fingerprint density at radius 2 is 1.74 bits per heavy atom. The van der Waals surface area contributed by atoms with E-state index in [1.807, 2.05) is 0 Å². The number of carbonyl (C=O) groups excluding carboxylic acids is 3. The predicted molar refractivity (Wildman–Crippen MR) is 76.7 cm³/mol. The summed E-state index contributed by atoms with van der Waals surface area (Å²) in [7, 11) is 0. The van der Waals surface area contributed by atoms with E-state index in [1.165, 1.54) is 24.3 Å². The van der Waals surface area contributed by atoms with Crippen LogP contribution in [0, 0.1) is 0 Å². The molecule has 1 aromatic rings. The molecule has 0 aliphatic heterocycles. The number of carbonyl (C=O) groups is 3. The van der Waals surface area contributed by atoms with Crippen LogP contribution in [-0.4, -0.2) is 30.3 Å². The highest BCUT2D eigenvalue weighted by molar-refractivity contribution is 6.09. The fourth-order valence-corrected chi connectivity index (χ4v) is 1.64. The Bertz CT molecular complexity index is 601. The average molecular weight is 328 g/mol. The zero-order chi connectivity index (χ0) is 17.5. The Balaban J connectivity index is 2.62. The van der Waals surface area contributed by atoms with E-state index in [9.17, 15) is 27.6 Å². The van der Waals surface area contributed by atoms with E-state index < -0.39 is 24.2 Å². The van der Waals surface area contributed by atoms with Crippen molar-refractivity contribution in [2.24, 2.45) is 0 Å². The van der Waals surface area contributed by atoms with Gasteiger partial charge in [0.2, 0.25) is 5.78 Å². The lowest BCUT2D eigenvalue weighted by Gasteiger charge is -2.04. The van der Waals surface area contributed by atoms with Gasteiger partial charge in [-0.25, -0.2) is 0 Å². The maximum absolute atomic E-state index is 12.1. The van der Waals surface area contributed by atoms with Crippen molar-refractivity contribution in [3.8, 4) is 0 Å². The maximum atomic E-state index is 12.1. The van der Waals surface area contributed by atoms with Gasteiger partial charge in [-0.1, -0.05) is 36.4 Å². The number of hydrogen-bond donors (Lipinski definition) is 0. The Morgan fingerprint density at radius 1 is 1.13 bits per heavy atom. The monoisotopic (exact) mass is 328 g/mol. The third kappa shape index (κ3) is 6.46. The second-order valence-corrected chi connectivity index (χ2v) is 4.55. The minimum atomic E-state index is -5.01. The van der Waals surface area contributed by atoms with Crippen LogP contribution in [0.4, 0.5) is 13.2 Å². The molecule has 0 aliphatic rings. The molecule has 1 aromatic carbocycles. The molecule has 0 aromatic heterocycles. The van der Waals surface area contributed by atoms with Crippen LogP contribution in [-0.2, 0) is 14.3 Å². The zero-order valence-corrected chi connectivity index (χ0v) is 12.4. The summed E-state index contributed by atoms with van der Waals surface area (Å²) in [6.45, 7) is 1.99. The molecule has 1 rings (SSSR count). The first-order valence-corrected chi connectivity index (χ1v) is 6.79. The summed E-state index contributed by atoms with van der Waals surface area (Å²) in [6.07, 6.45) is -2.93. The van der Waals surface area contributed by atoms with Crippen LogP contribution in [0.25, 0.3) is 6.08 Å². The van der Waals surface area contributed by atoms with Crippen molar-refractivity contribution < 1.29 is 32.3 Å². The first-order chi connectivity index (χ1) is 10.7. The van der Waals surface area contributed by atoms with E-state index in [1.54, 1.807) is 19.1 Å². The SMILES string of the molecule is CCOC(=O)CC=Cc1ccc(C(=O)CC(=O)C(F)(F)F)cc1. The van der Waals surface area contributed by atoms with Crippen LogP contribution in [0.3, 0.4) is 0 Å². The molecule has 0 saturated carbocycles. The van der Waals surface area contributed by atoms with Crippen LogP contribution in [0.15, 0.2) is 30.3 Å². The van der Waals surface area contributed by atoms with Gasteiger partial charge in [0, 0.05) is 5.56 Å². The molecule has 0 saturated heterocycles. The van der Waals surface area contributed by atoms with Gasteiger partial charge in [0.15, 0.2) is 5.78 Å². The summed E-state index contributed by atoms with van der Waals surface area (Å²) in [5.41, 5.74) is 0.679. The molecule has 7 heteroatoms. The van der Waals surface area contributed by atoms with E-state index in [2.05, 4.69) is 0 Å². The molecule has 0 unspecified atom stereocenters. The Morgan fingerprint density at radius 3 is 2.26 bits per heavy atom. The van der Waals surface area contributed by atoms with Crippen molar-refractivity contribution in [2.75, 3.05) is 6.61 Å². The summed E-state index contributed by atoms with van der Waals surface area (Å²) >= 11 is 0. The Hall–Kier alpha value is -2.44. The molecule has 0 amide bonds. The molecule has 0 heterocycles. The van der Waals surface area contributed by atoms with Gasteiger partial charge in [-0.05, 0) is 12.5 Å². The summed E-state index contributed by atoms with van der Waals surface area (Å²) in [6, 6.07) is 5.67. The molecule has 23 heavy (non-hydrogen) atoms.